The van der Waals surface area contributed by atoms with Crippen LogP contribution in [0.25, 0.3) is 0 Å². The maximum absolute atomic E-state index is 12.0. The summed E-state index contributed by atoms with van der Waals surface area (Å²) in [4.78, 5) is 0. The first-order valence-corrected chi connectivity index (χ1v) is 4.78. The topological polar surface area (TPSA) is 29.5 Å². The Hall–Kier alpha value is -1.23. The van der Waals surface area contributed by atoms with Gasteiger partial charge in [0.15, 0.2) is 6.61 Å². The summed E-state index contributed by atoms with van der Waals surface area (Å²) < 4.78 is 40.6. The van der Waals surface area contributed by atoms with Crippen molar-refractivity contribution in [2.24, 2.45) is 0 Å². The van der Waals surface area contributed by atoms with E-state index < -0.39 is 18.9 Å². The van der Waals surface area contributed by atoms with Gasteiger partial charge in [0.25, 0.3) is 0 Å². The molecule has 1 rings (SSSR count). The van der Waals surface area contributed by atoms with Gasteiger partial charge in [-0.1, -0.05) is 12.1 Å². The third-order valence-corrected chi connectivity index (χ3v) is 2.01. The zero-order chi connectivity index (χ0) is 12.3. The third-order valence-electron chi connectivity index (χ3n) is 2.01. The van der Waals surface area contributed by atoms with Gasteiger partial charge in [-0.2, -0.15) is 13.2 Å². The van der Waals surface area contributed by atoms with Crippen LogP contribution in [0, 0.1) is 6.92 Å². The molecule has 90 valence electrons. The molecule has 0 amide bonds. The Morgan fingerprint density at radius 1 is 1.38 bits per heavy atom. The Bertz CT molecular complexity index is 359. The average molecular weight is 234 g/mol. The molecule has 2 nitrogen and oxygen atoms in total. The van der Waals surface area contributed by atoms with Crippen LogP contribution < -0.4 is 4.74 Å². The lowest BCUT2D eigenvalue weighted by Crippen LogP contribution is -2.20. The van der Waals surface area contributed by atoms with Crippen LogP contribution in [0.2, 0.25) is 0 Å². The average Bonchev–Trinajstić information content (AvgIpc) is 2.13. The number of benzene rings is 1. The first-order valence-electron chi connectivity index (χ1n) is 4.78. The summed E-state index contributed by atoms with van der Waals surface area (Å²) in [5.74, 6) is 0.0762. The molecule has 0 aromatic heterocycles. The summed E-state index contributed by atoms with van der Waals surface area (Å²) in [6, 6.07) is 4.75. The van der Waals surface area contributed by atoms with Crippen molar-refractivity contribution in [1.82, 2.24) is 0 Å². The van der Waals surface area contributed by atoms with Crippen LogP contribution >= 0.6 is 0 Å². The second-order valence-electron chi connectivity index (χ2n) is 3.62. The van der Waals surface area contributed by atoms with Gasteiger partial charge in [-0.3, -0.25) is 0 Å². The largest absolute Gasteiger partial charge is 0.484 e. The highest BCUT2D eigenvalue weighted by Gasteiger charge is 2.29. The maximum atomic E-state index is 12.0. The summed E-state index contributed by atoms with van der Waals surface area (Å²) in [5.41, 5.74) is 1.14. The summed E-state index contributed by atoms with van der Waals surface area (Å²) in [6.07, 6.45) is -5.23. The second-order valence-corrected chi connectivity index (χ2v) is 3.62. The van der Waals surface area contributed by atoms with Crippen molar-refractivity contribution in [3.8, 4) is 5.75 Å². The van der Waals surface area contributed by atoms with Gasteiger partial charge in [0.2, 0.25) is 0 Å². The fourth-order valence-electron chi connectivity index (χ4n) is 1.27. The van der Waals surface area contributed by atoms with E-state index in [1.165, 1.54) is 13.0 Å². The molecule has 0 fully saturated rings. The van der Waals surface area contributed by atoms with Gasteiger partial charge < -0.3 is 9.84 Å². The fourth-order valence-corrected chi connectivity index (χ4v) is 1.27. The zero-order valence-corrected chi connectivity index (χ0v) is 9.01. The van der Waals surface area contributed by atoms with Gasteiger partial charge in [-0.15, -0.1) is 0 Å². The second kappa shape index (κ2) is 4.74. The molecule has 0 radical (unpaired) electrons. The van der Waals surface area contributed by atoms with Crippen LogP contribution in [0.4, 0.5) is 13.2 Å². The Morgan fingerprint density at radius 3 is 2.50 bits per heavy atom. The van der Waals surface area contributed by atoms with Gasteiger partial charge in [-0.25, -0.2) is 0 Å². The zero-order valence-electron chi connectivity index (χ0n) is 9.01. The van der Waals surface area contributed by atoms with Gasteiger partial charge >= 0.3 is 6.18 Å². The molecule has 0 aliphatic rings. The van der Waals surface area contributed by atoms with E-state index >= 15 is 0 Å². The van der Waals surface area contributed by atoms with Crippen molar-refractivity contribution in [3.05, 3.63) is 29.3 Å². The van der Waals surface area contributed by atoms with E-state index in [2.05, 4.69) is 4.74 Å². The number of aryl methyl sites for hydroxylation is 1. The first-order chi connectivity index (χ1) is 7.29. The number of halogens is 3. The van der Waals surface area contributed by atoms with Gasteiger partial charge in [0.05, 0.1) is 6.10 Å². The van der Waals surface area contributed by atoms with Crippen LogP contribution in [0.5, 0.6) is 5.75 Å². The number of rotatable bonds is 3. The van der Waals surface area contributed by atoms with Crippen LogP contribution in [0.15, 0.2) is 18.2 Å². The number of hydrogen-bond donors (Lipinski definition) is 1. The first kappa shape index (κ1) is 12.8. The molecule has 1 aromatic carbocycles. The molecule has 0 saturated carbocycles. The molecule has 0 saturated heterocycles. The van der Waals surface area contributed by atoms with Crippen molar-refractivity contribution in [2.75, 3.05) is 6.61 Å². The van der Waals surface area contributed by atoms with E-state index in [0.717, 1.165) is 5.56 Å². The molecule has 1 N–H and O–H groups in total. The minimum atomic E-state index is -4.38. The summed E-state index contributed by atoms with van der Waals surface area (Å²) in [6.45, 7) is 1.87. The molecule has 0 spiro atoms. The predicted molar refractivity (Wildman–Crippen MR) is 53.4 cm³/mol. The SMILES string of the molecule is Cc1ccc([C@H](C)O)c(OCC(F)(F)F)c1. The van der Waals surface area contributed by atoms with E-state index in [1.807, 2.05) is 0 Å². The molecule has 0 heterocycles. The Balaban J connectivity index is 2.88. The van der Waals surface area contributed by atoms with Crippen molar-refractivity contribution in [2.45, 2.75) is 26.1 Å². The smallest absolute Gasteiger partial charge is 0.422 e. The molecular weight excluding hydrogens is 221 g/mol. The van der Waals surface area contributed by atoms with E-state index in [4.69, 9.17) is 0 Å². The van der Waals surface area contributed by atoms with E-state index in [1.54, 1.807) is 19.1 Å². The number of alkyl halides is 3. The van der Waals surface area contributed by atoms with Crippen LogP contribution in [0.3, 0.4) is 0 Å². The lowest BCUT2D eigenvalue weighted by molar-refractivity contribution is -0.153. The molecule has 1 atom stereocenters. The van der Waals surface area contributed by atoms with E-state index in [0.29, 0.717) is 5.56 Å². The highest BCUT2D eigenvalue weighted by atomic mass is 19.4. The number of hydrogen-bond acceptors (Lipinski definition) is 2. The third kappa shape index (κ3) is 3.73. The monoisotopic (exact) mass is 234 g/mol. The molecule has 5 heteroatoms. The number of aliphatic hydroxyl groups is 1. The van der Waals surface area contributed by atoms with Crippen molar-refractivity contribution < 1.29 is 23.0 Å². The van der Waals surface area contributed by atoms with Gasteiger partial charge in [-0.05, 0) is 25.5 Å². The van der Waals surface area contributed by atoms with Crippen LogP contribution in [-0.4, -0.2) is 17.9 Å². The Morgan fingerprint density at radius 2 is 2.00 bits per heavy atom. The fraction of sp³-hybridized carbons (Fsp3) is 0.455. The summed E-state index contributed by atoms with van der Waals surface area (Å²) >= 11 is 0. The van der Waals surface area contributed by atoms with Crippen LogP contribution in [0.1, 0.15) is 24.2 Å². The highest BCUT2D eigenvalue weighted by Crippen LogP contribution is 2.28. The van der Waals surface area contributed by atoms with Crippen molar-refractivity contribution in [1.29, 1.82) is 0 Å². The number of ether oxygens (including phenoxy) is 1. The Labute approximate surface area is 91.7 Å². The molecule has 0 aliphatic heterocycles. The molecular formula is C11H13F3O2. The number of aliphatic hydroxyl groups excluding tert-OH is 1. The normalized spacial score (nSPS) is 13.6. The highest BCUT2D eigenvalue weighted by molar-refractivity contribution is 5.38. The standard InChI is InChI=1S/C11H13F3O2/c1-7-3-4-9(8(2)15)10(5-7)16-6-11(12,13)14/h3-5,8,15H,6H2,1-2H3/t8-/m0/s1. The van der Waals surface area contributed by atoms with E-state index in [-0.39, 0.29) is 5.75 Å². The van der Waals surface area contributed by atoms with E-state index in [9.17, 15) is 18.3 Å². The van der Waals surface area contributed by atoms with Gasteiger partial charge in [0, 0.05) is 5.56 Å². The summed E-state index contributed by atoms with van der Waals surface area (Å²) in [5, 5.41) is 9.36. The molecule has 0 bridgehead atoms. The molecule has 0 unspecified atom stereocenters. The maximum Gasteiger partial charge on any atom is 0.422 e. The minimum absolute atomic E-state index is 0.0762. The molecule has 1 aromatic rings. The molecule has 0 aliphatic carbocycles. The lowest BCUT2D eigenvalue weighted by atomic mass is 10.1. The van der Waals surface area contributed by atoms with Gasteiger partial charge in [0.1, 0.15) is 5.75 Å². The predicted octanol–water partition coefficient (Wildman–Crippen LogP) is 2.99. The lowest BCUT2D eigenvalue weighted by Gasteiger charge is -2.15. The summed E-state index contributed by atoms with van der Waals surface area (Å²) in [7, 11) is 0. The van der Waals surface area contributed by atoms with Crippen molar-refractivity contribution in [3.63, 3.8) is 0 Å². The van der Waals surface area contributed by atoms with Crippen molar-refractivity contribution >= 4 is 0 Å². The molecule has 16 heavy (non-hydrogen) atoms. The Kier molecular flexibility index (Phi) is 3.80. The quantitative estimate of drug-likeness (QED) is 0.871. The minimum Gasteiger partial charge on any atom is -0.484 e. The van der Waals surface area contributed by atoms with Crippen LogP contribution in [-0.2, 0) is 0 Å².